The maximum atomic E-state index is 12.8. The van der Waals surface area contributed by atoms with Crippen LogP contribution in [0.3, 0.4) is 0 Å². The minimum absolute atomic E-state index is 0.00846. The van der Waals surface area contributed by atoms with Crippen molar-refractivity contribution in [3.63, 3.8) is 0 Å². The van der Waals surface area contributed by atoms with Crippen LogP contribution in [0.5, 0.6) is 0 Å². The Morgan fingerprint density at radius 1 is 1.21 bits per heavy atom. The van der Waals surface area contributed by atoms with Crippen LogP contribution in [0.25, 0.3) is 21.3 Å². The van der Waals surface area contributed by atoms with Gasteiger partial charge < -0.3 is 16.5 Å². The second-order valence-corrected chi connectivity index (χ2v) is 7.58. The maximum absolute atomic E-state index is 12.8. The van der Waals surface area contributed by atoms with Gasteiger partial charge in [0.15, 0.2) is 5.16 Å². The molecule has 0 atom stereocenters. The second kappa shape index (κ2) is 8.89. The average molecular weight is 418 g/mol. The Kier molecular flexibility index (Phi) is 6.32. The number of likely N-dealkylation sites (N-methyl/N-ethyl adjacent to an activating group) is 1. The van der Waals surface area contributed by atoms with Gasteiger partial charge in [-0.05, 0) is 12.5 Å². The Labute approximate surface area is 169 Å². The Morgan fingerprint density at radius 3 is 2.68 bits per heavy atom. The summed E-state index contributed by atoms with van der Waals surface area (Å²) in [7, 11) is 0. The van der Waals surface area contributed by atoms with E-state index < -0.39 is 0 Å². The maximum Gasteiger partial charge on any atom is 0.282 e. The lowest BCUT2D eigenvalue weighted by Crippen LogP contribution is -2.37. The number of benzene rings is 1. The summed E-state index contributed by atoms with van der Waals surface area (Å²) < 4.78 is 0.962. The van der Waals surface area contributed by atoms with Gasteiger partial charge >= 0.3 is 0 Å². The number of thioether (sulfide) groups is 1. The molecule has 0 aliphatic heterocycles. The van der Waals surface area contributed by atoms with Gasteiger partial charge in [-0.1, -0.05) is 42.1 Å². The smallest absolute Gasteiger partial charge is 0.282 e. The molecule has 0 aliphatic carbocycles. The Balaban J connectivity index is 1.77. The topological polar surface area (TPSA) is 119 Å². The number of amides is 2. The van der Waals surface area contributed by atoms with Crippen molar-refractivity contribution in [2.24, 2.45) is 0 Å². The number of fused-ring (bicyclic) bond motifs is 1. The summed E-state index contributed by atoms with van der Waals surface area (Å²) in [5.41, 5.74) is 1.33. The zero-order valence-corrected chi connectivity index (χ0v) is 16.7. The number of hydrogen-bond acceptors (Lipinski definition) is 7. The van der Waals surface area contributed by atoms with E-state index >= 15 is 0 Å². The number of nitrogens with two attached hydrogens (primary N) is 1. The molecule has 0 spiro atoms. The summed E-state index contributed by atoms with van der Waals surface area (Å²) in [4.78, 5) is 41.1. The van der Waals surface area contributed by atoms with Crippen molar-refractivity contribution in [1.29, 1.82) is 0 Å². The molecule has 2 amide bonds. The molecule has 2 heterocycles. The molecule has 0 fully saturated rings. The van der Waals surface area contributed by atoms with E-state index in [2.05, 4.69) is 15.6 Å². The van der Waals surface area contributed by atoms with Gasteiger partial charge in [0, 0.05) is 17.5 Å². The van der Waals surface area contributed by atoms with Crippen molar-refractivity contribution in [3.05, 3.63) is 46.1 Å². The van der Waals surface area contributed by atoms with Crippen LogP contribution in [-0.4, -0.2) is 40.3 Å². The SMILES string of the molecule is CCNC(=O)CNC(=O)CSc1nc2scc(-c3ccccc3)c2c(=O)n1N. The number of rotatable bonds is 7. The van der Waals surface area contributed by atoms with E-state index in [0.717, 1.165) is 27.6 Å². The first kappa shape index (κ1) is 19.9. The molecule has 0 bridgehead atoms. The molecule has 10 heteroatoms. The third kappa shape index (κ3) is 4.34. The van der Waals surface area contributed by atoms with E-state index in [9.17, 15) is 14.4 Å². The highest BCUT2D eigenvalue weighted by molar-refractivity contribution is 7.99. The van der Waals surface area contributed by atoms with Gasteiger partial charge in [0.25, 0.3) is 5.56 Å². The number of aromatic nitrogens is 2. The molecule has 4 N–H and O–H groups in total. The first-order valence-electron chi connectivity index (χ1n) is 8.52. The lowest BCUT2D eigenvalue weighted by Gasteiger charge is -2.08. The Hall–Kier alpha value is -2.85. The van der Waals surface area contributed by atoms with Crippen molar-refractivity contribution in [1.82, 2.24) is 20.3 Å². The van der Waals surface area contributed by atoms with Gasteiger partial charge in [0.1, 0.15) is 4.83 Å². The van der Waals surface area contributed by atoms with E-state index in [1.165, 1.54) is 11.3 Å². The predicted octanol–water partition coefficient (Wildman–Crippen LogP) is 1.18. The van der Waals surface area contributed by atoms with Gasteiger partial charge in [-0.2, -0.15) is 0 Å². The fraction of sp³-hybridized carbons (Fsp3) is 0.222. The lowest BCUT2D eigenvalue weighted by atomic mass is 10.1. The van der Waals surface area contributed by atoms with Crippen LogP contribution in [-0.2, 0) is 9.59 Å². The summed E-state index contributed by atoms with van der Waals surface area (Å²) in [6.07, 6.45) is 0. The minimum atomic E-state index is -0.365. The monoisotopic (exact) mass is 417 g/mol. The van der Waals surface area contributed by atoms with Crippen molar-refractivity contribution >= 4 is 45.1 Å². The zero-order valence-electron chi connectivity index (χ0n) is 15.1. The van der Waals surface area contributed by atoms with E-state index in [4.69, 9.17) is 5.84 Å². The molecule has 8 nitrogen and oxygen atoms in total. The summed E-state index contributed by atoms with van der Waals surface area (Å²) >= 11 is 2.40. The second-order valence-electron chi connectivity index (χ2n) is 5.78. The molecule has 28 heavy (non-hydrogen) atoms. The van der Waals surface area contributed by atoms with Crippen LogP contribution in [0, 0.1) is 0 Å². The fourth-order valence-corrected chi connectivity index (χ4v) is 4.27. The van der Waals surface area contributed by atoms with Gasteiger partial charge in [0.05, 0.1) is 17.7 Å². The zero-order chi connectivity index (χ0) is 20.1. The molecule has 0 saturated heterocycles. The van der Waals surface area contributed by atoms with Gasteiger partial charge in [-0.15, -0.1) is 11.3 Å². The third-order valence-corrected chi connectivity index (χ3v) is 5.67. The molecule has 0 aliphatic rings. The number of nitrogens with zero attached hydrogens (tertiary/aromatic N) is 2. The largest absolute Gasteiger partial charge is 0.355 e. The van der Waals surface area contributed by atoms with Crippen LogP contribution in [0.2, 0.25) is 0 Å². The third-order valence-electron chi connectivity index (χ3n) is 3.84. The normalized spacial score (nSPS) is 10.8. The molecule has 0 radical (unpaired) electrons. The van der Waals surface area contributed by atoms with Crippen LogP contribution in [0.4, 0.5) is 0 Å². The highest BCUT2D eigenvalue weighted by Gasteiger charge is 2.17. The van der Waals surface area contributed by atoms with E-state index in [-0.39, 0.29) is 34.8 Å². The molecule has 3 rings (SSSR count). The number of thiophene rings is 1. The van der Waals surface area contributed by atoms with Crippen molar-refractivity contribution in [2.45, 2.75) is 12.1 Å². The molecule has 3 aromatic rings. The van der Waals surface area contributed by atoms with Crippen molar-refractivity contribution in [3.8, 4) is 11.1 Å². The number of hydrogen-bond donors (Lipinski definition) is 3. The van der Waals surface area contributed by atoms with E-state index in [1.807, 2.05) is 35.7 Å². The Morgan fingerprint density at radius 2 is 1.96 bits per heavy atom. The van der Waals surface area contributed by atoms with Gasteiger partial charge in [0.2, 0.25) is 11.8 Å². The summed E-state index contributed by atoms with van der Waals surface area (Å²) in [5, 5.41) is 7.68. The fourth-order valence-electron chi connectivity index (χ4n) is 2.54. The van der Waals surface area contributed by atoms with E-state index in [1.54, 1.807) is 6.92 Å². The first-order chi connectivity index (χ1) is 13.5. The highest BCUT2D eigenvalue weighted by Crippen LogP contribution is 2.31. The van der Waals surface area contributed by atoms with Gasteiger partial charge in [-0.25, -0.2) is 9.66 Å². The summed E-state index contributed by atoms with van der Waals surface area (Å²) in [5.74, 6) is 5.32. The van der Waals surface area contributed by atoms with Crippen LogP contribution < -0.4 is 22.0 Å². The molecular weight excluding hydrogens is 398 g/mol. The van der Waals surface area contributed by atoms with E-state index in [0.29, 0.717) is 16.8 Å². The number of carbonyl (C=O) groups is 2. The molecule has 0 unspecified atom stereocenters. The van der Waals surface area contributed by atoms with Gasteiger partial charge in [-0.3, -0.25) is 14.4 Å². The summed E-state index contributed by atoms with van der Waals surface area (Å²) in [6, 6.07) is 9.55. The Bertz CT molecular complexity index is 1060. The average Bonchev–Trinajstić information content (AvgIpc) is 3.13. The number of nitrogens with one attached hydrogen (secondary N) is 2. The number of nitrogen functional groups attached to an aromatic ring is 1. The minimum Gasteiger partial charge on any atom is -0.355 e. The standard InChI is InChI=1S/C18H19N5O3S2/c1-2-20-13(24)8-21-14(25)10-28-18-22-16-15(17(26)23(18)19)12(9-27-16)11-6-4-3-5-7-11/h3-7,9H,2,8,10,19H2,1H3,(H,20,24)(H,21,25). The quantitative estimate of drug-likeness (QED) is 0.302. The highest BCUT2D eigenvalue weighted by atomic mass is 32.2. The molecular formula is C18H19N5O3S2. The van der Waals surface area contributed by atoms with Crippen molar-refractivity contribution < 1.29 is 9.59 Å². The molecule has 1 aromatic carbocycles. The molecule has 2 aromatic heterocycles. The lowest BCUT2D eigenvalue weighted by molar-refractivity contribution is -0.124. The van der Waals surface area contributed by atoms with Crippen molar-refractivity contribution in [2.75, 3.05) is 24.7 Å². The van der Waals surface area contributed by atoms with Crippen LogP contribution in [0.15, 0.2) is 45.7 Å². The van der Waals surface area contributed by atoms with Crippen LogP contribution >= 0.6 is 23.1 Å². The summed E-state index contributed by atoms with van der Waals surface area (Å²) in [6.45, 7) is 2.20. The molecule has 0 saturated carbocycles. The number of carbonyl (C=O) groups excluding carboxylic acids is 2. The molecule has 146 valence electrons. The predicted molar refractivity (Wildman–Crippen MR) is 112 cm³/mol. The van der Waals surface area contributed by atoms with Crippen LogP contribution in [0.1, 0.15) is 6.92 Å². The first-order valence-corrected chi connectivity index (χ1v) is 10.4.